The first kappa shape index (κ1) is 14.7. The molecule has 0 N–H and O–H groups in total. The van der Waals surface area contributed by atoms with Crippen LogP contribution in [0.25, 0.3) is 0 Å². The molecule has 0 radical (unpaired) electrons. The number of benzene rings is 2. The lowest BCUT2D eigenvalue weighted by molar-refractivity contribution is -0.385. The number of nitro benzene ring substituents is 1. The van der Waals surface area contributed by atoms with Gasteiger partial charge in [0, 0.05) is 11.1 Å². The number of aldehydes is 1. The van der Waals surface area contributed by atoms with Crippen LogP contribution in [-0.2, 0) is 0 Å². The van der Waals surface area contributed by atoms with Gasteiger partial charge in [-0.2, -0.15) is 0 Å². The zero-order chi connectivity index (χ0) is 15.6. The van der Waals surface area contributed by atoms with E-state index in [1.54, 1.807) is 38.1 Å². The molecule has 5 nitrogen and oxygen atoms in total. The molecule has 0 aliphatic carbocycles. The Kier molecular flexibility index (Phi) is 4.03. The number of nitro groups is 1. The van der Waals surface area contributed by atoms with Crippen LogP contribution in [0.1, 0.15) is 27.0 Å². The molecule has 0 aliphatic rings. The molecule has 2 rings (SSSR count). The maximum absolute atomic E-state index is 11.0. The Bertz CT molecular complexity index is 722. The van der Waals surface area contributed by atoms with Crippen LogP contribution in [0.5, 0.6) is 11.5 Å². The van der Waals surface area contributed by atoms with Crippen molar-refractivity contribution < 1.29 is 14.5 Å². The van der Waals surface area contributed by atoms with Crippen molar-refractivity contribution in [3.63, 3.8) is 0 Å². The summed E-state index contributed by atoms with van der Waals surface area (Å²) in [5, 5.41) is 11.0. The van der Waals surface area contributed by atoms with Gasteiger partial charge in [0.15, 0.2) is 0 Å². The Morgan fingerprint density at radius 1 is 1.05 bits per heavy atom. The number of ether oxygens (including phenoxy) is 1. The maximum atomic E-state index is 11.0. The average molecular weight is 285 g/mol. The largest absolute Gasteiger partial charge is 0.457 e. The third-order valence-electron chi connectivity index (χ3n) is 3.29. The molecule has 0 heterocycles. The Morgan fingerprint density at radius 3 is 2.33 bits per heavy atom. The summed E-state index contributed by atoms with van der Waals surface area (Å²) >= 11 is 0. The molecule has 5 heteroatoms. The van der Waals surface area contributed by atoms with Gasteiger partial charge in [-0.3, -0.25) is 14.9 Å². The van der Waals surface area contributed by atoms with Gasteiger partial charge in [0.05, 0.1) is 11.0 Å². The highest BCUT2D eigenvalue weighted by Gasteiger charge is 2.15. The Morgan fingerprint density at radius 2 is 1.76 bits per heavy atom. The predicted octanol–water partition coefficient (Wildman–Crippen LogP) is 4.12. The highest BCUT2D eigenvalue weighted by molar-refractivity contribution is 5.77. The molecule has 0 saturated carbocycles. The van der Waals surface area contributed by atoms with E-state index in [-0.39, 0.29) is 5.69 Å². The second-order valence-electron chi connectivity index (χ2n) is 4.90. The van der Waals surface area contributed by atoms with Crippen LogP contribution in [0.3, 0.4) is 0 Å². The lowest BCUT2D eigenvalue weighted by Crippen LogP contribution is -1.96. The van der Waals surface area contributed by atoms with E-state index in [0.717, 1.165) is 17.4 Å². The van der Waals surface area contributed by atoms with E-state index in [1.807, 2.05) is 6.92 Å². The number of hydrogen-bond donors (Lipinski definition) is 0. The average Bonchev–Trinajstić information content (AvgIpc) is 2.41. The van der Waals surface area contributed by atoms with Crippen LogP contribution in [0.15, 0.2) is 30.3 Å². The van der Waals surface area contributed by atoms with Crippen molar-refractivity contribution in [1.29, 1.82) is 0 Å². The van der Waals surface area contributed by atoms with Gasteiger partial charge in [-0.05, 0) is 56.2 Å². The molecular weight excluding hydrogens is 270 g/mol. The smallest absolute Gasteiger partial charge is 0.276 e. The molecular formula is C16H15NO4. The first-order valence-corrected chi connectivity index (χ1v) is 6.41. The highest BCUT2D eigenvalue weighted by atomic mass is 16.6. The summed E-state index contributed by atoms with van der Waals surface area (Å²) < 4.78 is 5.71. The van der Waals surface area contributed by atoms with Crippen molar-refractivity contribution in [2.75, 3.05) is 0 Å². The lowest BCUT2D eigenvalue weighted by Gasteiger charge is -2.11. The highest BCUT2D eigenvalue weighted by Crippen LogP contribution is 2.32. The SMILES string of the molecule is Cc1cc(Oc2cc([N+](=O)[O-])c(C)cc2C)ccc1C=O. The van der Waals surface area contributed by atoms with Gasteiger partial charge in [0.2, 0.25) is 0 Å². The van der Waals surface area contributed by atoms with Crippen LogP contribution in [0.2, 0.25) is 0 Å². The topological polar surface area (TPSA) is 69.4 Å². The lowest BCUT2D eigenvalue weighted by atomic mass is 10.1. The van der Waals surface area contributed by atoms with Gasteiger partial charge in [-0.15, -0.1) is 0 Å². The molecule has 0 aromatic heterocycles. The van der Waals surface area contributed by atoms with E-state index in [4.69, 9.17) is 4.74 Å². The number of nitrogens with zero attached hydrogens (tertiary/aromatic N) is 1. The number of aryl methyl sites for hydroxylation is 3. The molecule has 0 bridgehead atoms. The summed E-state index contributed by atoms with van der Waals surface area (Å²) in [6.45, 7) is 5.33. The summed E-state index contributed by atoms with van der Waals surface area (Å²) in [6.07, 6.45) is 0.779. The first-order chi connectivity index (χ1) is 9.92. The van der Waals surface area contributed by atoms with E-state index in [2.05, 4.69) is 0 Å². The fourth-order valence-corrected chi connectivity index (χ4v) is 2.10. The number of carbonyl (C=O) groups excluding carboxylic acids is 1. The van der Waals surface area contributed by atoms with E-state index < -0.39 is 4.92 Å². The van der Waals surface area contributed by atoms with Crippen molar-refractivity contribution in [1.82, 2.24) is 0 Å². The van der Waals surface area contributed by atoms with Gasteiger partial charge < -0.3 is 4.74 Å². The second-order valence-corrected chi connectivity index (χ2v) is 4.90. The van der Waals surface area contributed by atoms with Crippen molar-refractivity contribution in [2.24, 2.45) is 0 Å². The van der Waals surface area contributed by atoms with E-state index in [9.17, 15) is 14.9 Å². The quantitative estimate of drug-likeness (QED) is 0.481. The molecule has 108 valence electrons. The van der Waals surface area contributed by atoms with Crippen LogP contribution in [0.4, 0.5) is 5.69 Å². The molecule has 0 atom stereocenters. The maximum Gasteiger partial charge on any atom is 0.276 e. The molecule has 2 aromatic rings. The minimum absolute atomic E-state index is 0.0248. The third kappa shape index (κ3) is 3.08. The monoisotopic (exact) mass is 285 g/mol. The van der Waals surface area contributed by atoms with Gasteiger partial charge in [-0.1, -0.05) is 0 Å². The van der Waals surface area contributed by atoms with Crippen molar-refractivity contribution in [2.45, 2.75) is 20.8 Å². The molecule has 0 saturated heterocycles. The Labute approximate surface area is 122 Å². The van der Waals surface area contributed by atoms with Crippen molar-refractivity contribution in [3.05, 3.63) is 62.7 Å². The number of carbonyl (C=O) groups is 1. The molecule has 0 spiro atoms. The molecule has 0 unspecified atom stereocenters. The predicted molar refractivity (Wildman–Crippen MR) is 79.2 cm³/mol. The standard InChI is InChI=1S/C16H15NO4/c1-10-7-14(5-4-13(10)9-18)21-16-8-15(17(19)20)11(2)6-12(16)3/h4-9H,1-3H3. The minimum Gasteiger partial charge on any atom is -0.457 e. The van der Waals surface area contributed by atoms with Gasteiger partial charge >= 0.3 is 0 Å². The summed E-state index contributed by atoms with van der Waals surface area (Å²) in [5.41, 5.74) is 2.82. The van der Waals surface area contributed by atoms with E-state index in [1.165, 1.54) is 6.07 Å². The Balaban J connectivity index is 2.39. The van der Waals surface area contributed by atoms with Crippen LogP contribution in [0, 0.1) is 30.9 Å². The zero-order valence-corrected chi connectivity index (χ0v) is 12.0. The summed E-state index contributed by atoms with van der Waals surface area (Å²) in [7, 11) is 0. The molecule has 0 amide bonds. The summed E-state index contributed by atoms with van der Waals surface area (Å²) in [5.74, 6) is 0.977. The van der Waals surface area contributed by atoms with Crippen molar-refractivity contribution in [3.8, 4) is 11.5 Å². The van der Waals surface area contributed by atoms with E-state index >= 15 is 0 Å². The summed E-state index contributed by atoms with van der Waals surface area (Å²) in [6, 6.07) is 8.21. The van der Waals surface area contributed by atoms with Crippen LogP contribution in [-0.4, -0.2) is 11.2 Å². The van der Waals surface area contributed by atoms with Crippen LogP contribution < -0.4 is 4.74 Å². The van der Waals surface area contributed by atoms with E-state index in [0.29, 0.717) is 22.6 Å². The normalized spacial score (nSPS) is 10.2. The van der Waals surface area contributed by atoms with Gasteiger partial charge in [0.1, 0.15) is 17.8 Å². The molecule has 0 fully saturated rings. The molecule has 21 heavy (non-hydrogen) atoms. The number of rotatable bonds is 4. The third-order valence-corrected chi connectivity index (χ3v) is 3.29. The summed E-state index contributed by atoms with van der Waals surface area (Å²) in [4.78, 5) is 21.4. The van der Waals surface area contributed by atoms with Crippen molar-refractivity contribution >= 4 is 12.0 Å². The molecule has 0 aliphatic heterocycles. The van der Waals surface area contributed by atoms with Gasteiger partial charge in [-0.25, -0.2) is 0 Å². The number of hydrogen-bond acceptors (Lipinski definition) is 4. The second kappa shape index (κ2) is 5.75. The fourth-order valence-electron chi connectivity index (χ4n) is 2.10. The van der Waals surface area contributed by atoms with Gasteiger partial charge in [0.25, 0.3) is 5.69 Å². The van der Waals surface area contributed by atoms with Crippen LogP contribution >= 0.6 is 0 Å². The molecule has 2 aromatic carbocycles. The first-order valence-electron chi connectivity index (χ1n) is 6.41. The Hall–Kier alpha value is -2.69. The zero-order valence-electron chi connectivity index (χ0n) is 12.0. The fraction of sp³-hybridized carbons (Fsp3) is 0.188. The minimum atomic E-state index is -0.428.